The zero-order valence-corrected chi connectivity index (χ0v) is 18.1. The van der Waals surface area contributed by atoms with Gasteiger partial charge in [-0.3, -0.25) is 9.59 Å². The number of aryl methyl sites for hydroxylation is 1. The molecule has 1 aliphatic carbocycles. The number of amides is 2. The Morgan fingerprint density at radius 1 is 1.13 bits per heavy atom. The molecule has 158 valence electrons. The molecule has 1 aliphatic heterocycles. The molecule has 0 bridgehead atoms. The van der Waals surface area contributed by atoms with Crippen molar-refractivity contribution in [3.8, 4) is 11.1 Å². The summed E-state index contributed by atoms with van der Waals surface area (Å²) in [4.78, 5) is 28.0. The highest BCUT2D eigenvalue weighted by atomic mass is 16.2. The molecule has 1 unspecified atom stereocenters. The second-order valence-corrected chi connectivity index (χ2v) is 9.02. The quantitative estimate of drug-likeness (QED) is 0.745. The predicted octanol–water partition coefficient (Wildman–Crippen LogP) is 4.36. The number of likely N-dealkylation sites (tertiary alicyclic amines) is 1. The molecule has 1 atom stereocenters. The number of hydrogen-bond donors (Lipinski definition) is 1. The van der Waals surface area contributed by atoms with Crippen LogP contribution in [0.5, 0.6) is 0 Å². The summed E-state index contributed by atoms with van der Waals surface area (Å²) in [7, 11) is 0. The van der Waals surface area contributed by atoms with Gasteiger partial charge in [0, 0.05) is 25.6 Å². The number of nitrogens with one attached hydrogen (secondary N) is 1. The minimum Gasteiger partial charge on any atom is -0.356 e. The molecule has 2 aliphatic rings. The van der Waals surface area contributed by atoms with Crippen LogP contribution in [0.15, 0.2) is 48.5 Å². The molecule has 4 nitrogen and oxygen atoms in total. The van der Waals surface area contributed by atoms with Crippen molar-refractivity contribution in [3.63, 3.8) is 0 Å². The summed E-state index contributed by atoms with van der Waals surface area (Å²) in [5.41, 5.74) is 4.20. The summed E-state index contributed by atoms with van der Waals surface area (Å²) in [6.45, 7) is 6.06. The topological polar surface area (TPSA) is 49.4 Å². The lowest BCUT2D eigenvalue weighted by atomic mass is 9.78. The Balaban J connectivity index is 1.64. The average Bonchev–Trinajstić information content (AvgIpc) is 3.52. The van der Waals surface area contributed by atoms with E-state index in [9.17, 15) is 9.59 Å². The van der Waals surface area contributed by atoms with Crippen LogP contribution in [0.1, 0.15) is 43.7 Å². The van der Waals surface area contributed by atoms with Crippen LogP contribution in [-0.4, -0.2) is 36.3 Å². The van der Waals surface area contributed by atoms with Gasteiger partial charge < -0.3 is 10.2 Å². The van der Waals surface area contributed by atoms with E-state index in [0.29, 0.717) is 26.1 Å². The van der Waals surface area contributed by atoms with Crippen LogP contribution >= 0.6 is 0 Å². The summed E-state index contributed by atoms with van der Waals surface area (Å²) < 4.78 is 0. The van der Waals surface area contributed by atoms with Crippen LogP contribution in [0.25, 0.3) is 11.1 Å². The van der Waals surface area contributed by atoms with E-state index in [1.54, 1.807) is 0 Å². The molecule has 2 fully saturated rings. The molecule has 2 aromatic carbocycles. The minimum absolute atomic E-state index is 0.0921. The monoisotopic (exact) mass is 404 g/mol. The summed E-state index contributed by atoms with van der Waals surface area (Å²) in [5.74, 6) is 0.528. The SMILES string of the molecule is CCCNC(=O)C1(Cc2ccccc2-c2cccc(C)c2)CCN(C(=O)C2CC2)C1. The normalized spacial score (nSPS) is 20.9. The maximum absolute atomic E-state index is 13.3. The van der Waals surface area contributed by atoms with Crippen molar-refractivity contribution in [3.05, 3.63) is 59.7 Å². The molecule has 0 radical (unpaired) electrons. The van der Waals surface area contributed by atoms with Gasteiger partial charge in [0.15, 0.2) is 0 Å². The number of benzene rings is 2. The van der Waals surface area contributed by atoms with Gasteiger partial charge in [0.1, 0.15) is 0 Å². The molecule has 4 rings (SSSR count). The Bertz CT molecular complexity index is 934. The molecule has 2 amide bonds. The van der Waals surface area contributed by atoms with Gasteiger partial charge in [-0.2, -0.15) is 0 Å². The van der Waals surface area contributed by atoms with E-state index in [1.807, 2.05) is 11.0 Å². The van der Waals surface area contributed by atoms with Gasteiger partial charge in [-0.25, -0.2) is 0 Å². The van der Waals surface area contributed by atoms with Crippen LogP contribution in [0.4, 0.5) is 0 Å². The molecule has 2 aromatic rings. The van der Waals surface area contributed by atoms with Crippen molar-refractivity contribution in [2.24, 2.45) is 11.3 Å². The van der Waals surface area contributed by atoms with Gasteiger partial charge in [-0.15, -0.1) is 0 Å². The molecule has 4 heteroatoms. The van der Waals surface area contributed by atoms with Crippen LogP contribution in [-0.2, 0) is 16.0 Å². The number of rotatable bonds is 7. The number of hydrogen-bond acceptors (Lipinski definition) is 2. The first-order chi connectivity index (χ1) is 14.5. The smallest absolute Gasteiger partial charge is 0.228 e. The summed E-state index contributed by atoms with van der Waals surface area (Å²) in [5, 5.41) is 3.13. The van der Waals surface area contributed by atoms with E-state index < -0.39 is 5.41 Å². The first-order valence-corrected chi connectivity index (χ1v) is 11.2. The predicted molar refractivity (Wildman–Crippen MR) is 120 cm³/mol. The van der Waals surface area contributed by atoms with E-state index in [-0.39, 0.29) is 17.7 Å². The van der Waals surface area contributed by atoms with Gasteiger partial charge in [-0.1, -0.05) is 61.0 Å². The van der Waals surface area contributed by atoms with E-state index in [4.69, 9.17) is 0 Å². The van der Waals surface area contributed by atoms with Crippen LogP contribution in [0.3, 0.4) is 0 Å². The van der Waals surface area contributed by atoms with Crippen LogP contribution in [0.2, 0.25) is 0 Å². The maximum Gasteiger partial charge on any atom is 0.228 e. The Hall–Kier alpha value is -2.62. The van der Waals surface area contributed by atoms with Gasteiger partial charge in [0.25, 0.3) is 0 Å². The molecule has 0 spiro atoms. The molecule has 1 heterocycles. The Morgan fingerprint density at radius 2 is 1.93 bits per heavy atom. The van der Waals surface area contributed by atoms with Crippen molar-refractivity contribution in [2.75, 3.05) is 19.6 Å². The number of nitrogens with zero attached hydrogens (tertiary/aromatic N) is 1. The van der Waals surface area contributed by atoms with Crippen molar-refractivity contribution in [2.45, 2.75) is 46.0 Å². The van der Waals surface area contributed by atoms with Gasteiger partial charge in [-0.05, 0) is 55.7 Å². The summed E-state index contributed by atoms with van der Waals surface area (Å²) in [6, 6.07) is 16.9. The standard InChI is InChI=1S/C26H32N2O2/c1-3-14-27-25(30)26(13-15-28(18-26)24(29)20-11-12-20)17-22-8-4-5-10-23(22)21-9-6-7-19(2)16-21/h4-10,16,20H,3,11-15,17-18H2,1-2H3,(H,27,30). The lowest BCUT2D eigenvalue weighted by Crippen LogP contribution is -2.45. The third-order valence-corrected chi connectivity index (χ3v) is 6.48. The fraction of sp³-hybridized carbons (Fsp3) is 0.462. The highest BCUT2D eigenvalue weighted by Crippen LogP contribution is 2.40. The first-order valence-electron chi connectivity index (χ1n) is 11.2. The highest BCUT2D eigenvalue weighted by molar-refractivity contribution is 5.87. The van der Waals surface area contributed by atoms with Crippen LogP contribution < -0.4 is 5.32 Å². The average molecular weight is 405 g/mol. The number of carbonyl (C=O) groups excluding carboxylic acids is 2. The molecule has 30 heavy (non-hydrogen) atoms. The van der Waals surface area contributed by atoms with Gasteiger partial charge in [0.2, 0.25) is 11.8 Å². The first kappa shape index (κ1) is 20.6. The minimum atomic E-state index is -0.556. The fourth-order valence-electron chi connectivity index (χ4n) is 4.62. The maximum atomic E-state index is 13.3. The van der Waals surface area contributed by atoms with Crippen molar-refractivity contribution in [1.29, 1.82) is 0 Å². The second kappa shape index (κ2) is 8.63. The lowest BCUT2D eigenvalue weighted by Gasteiger charge is -2.29. The molecule has 1 saturated heterocycles. The van der Waals surface area contributed by atoms with Gasteiger partial charge in [0.05, 0.1) is 5.41 Å². The molecule has 1 saturated carbocycles. The Kier molecular flexibility index (Phi) is 5.94. The Labute approximate surface area is 179 Å². The third-order valence-electron chi connectivity index (χ3n) is 6.48. The van der Waals surface area contributed by atoms with Crippen molar-refractivity contribution < 1.29 is 9.59 Å². The zero-order valence-electron chi connectivity index (χ0n) is 18.1. The molecule has 0 aromatic heterocycles. The lowest BCUT2D eigenvalue weighted by molar-refractivity contribution is -0.134. The van der Waals surface area contributed by atoms with Crippen LogP contribution in [0, 0.1) is 18.3 Å². The molecular formula is C26H32N2O2. The molecular weight excluding hydrogens is 372 g/mol. The van der Waals surface area contributed by atoms with E-state index in [0.717, 1.165) is 25.7 Å². The fourth-order valence-corrected chi connectivity index (χ4v) is 4.62. The summed E-state index contributed by atoms with van der Waals surface area (Å²) in [6.07, 6.45) is 4.29. The highest BCUT2D eigenvalue weighted by Gasteiger charge is 2.48. The van der Waals surface area contributed by atoms with Gasteiger partial charge >= 0.3 is 0 Å². The second-order valence-electron chi connectivity index (χ2n) is 9.02. The van der Waals surface area contributed by atoms with E-state index in [1.165, 1.54) is 22.3 Å². The van der Waals surface area contributed by atoms with Crippen molar-refractivity contribution >= 4 is 11.8 Å². The largest absolute Gasteiger partial charge is 0.356 e. The van der Waals surface area contributed by atoms with Crippen molar-refractivity contribution in [1.82, 2.24) is 10.2 Å². The summed E-state index contributed by atoms with van der Waals surface area (Å²) >= 11 is 0. The zero-order chi connectivity index (χ0) is 21.1. The van der Waals surface area contributed by atoms with E-state index >= 15 is 0 Å². The number of carbonyl (C=O) groups is 2. The van der Waals surface area contributed by atoms with E-state index in [2.05, 4.69) is 61.6 Å². The Morgan fingerprint density at radius 3 is 2.67 bits per heavy atom. The molecule has 1 N–H and O–H groups in total. The third kappa shape index (κ3) is 4.28.